The summed E-state index contributed by atoms with van der Waals surface area (Å²) in [5.41, 5.74) is 2.23. The third-order valence-corrected chi connectivity index (χ3v) is 4.50. The molecule has 0 aliphatic heterocycles. The third-order valence-electron chi connectivity index (χ3n) is 2.71. The van der Waals surface area contributed by atoms with Gasteiger partial charge in [0.15, 0.2) is 0 Å². The van der Waals surface area contributed by atoms with Crippen LogP contribution in [0.3, 0.4) is 0 Å². The molecule has 0 unspecified atom stereocenters. The number of nitrogens with zero attached hydrogens (tertiary/aromatic N) is 1. The standard InChI is InChI=1S/C14H9IN2OS/c15-12-7-10(8-19-12)14(18)17-11-5-1-3-9-4-2-6-16-13(9)11/h1-8H,(H,17,18). The molecule has 0 aliphatic rings. The lowest BCUT2D eigenvalue weighted by Crippen LogP contribution is -2.11. The summed E-state index contributed by atoms with van der Waals surface area (Å²) in [5.74, 6) is -0.0997. The molecule has 3 nitrogen and oxygen atoms in total. The molecule has 0 bridgehead atoms. The lowest BCUT2D eigenvalue weighted by Gasteiger charge is -2.06. The SMILES string of the molecule is O=C(Nc1cccc2cccnc12)c1csc(I)c1. The Morgan fingerprint density at radius 1 is 1.26 bits per heavy atom. The van der Waals surface area contributed by atoms with E-state index in [0.717, 1.165) is 19.5 Å². The molecule has 0 spiro atoms. The topological polar surface area (TPSA) is 42.0 Å². The molecule has 0 saturated heterocycles. The number of anilines is 1. The van der Waals surface area contributed by atoms with Gasteiger partial charge in [0.25, 0.3) is 5.91 Å². The highest BCUT2D eigenvalue weighted by molar-refractivity contribution is 14.1. The van der Waals surface area contributed by atoms with Gasteiger partial charge in [-0.1, -0.05) is 18.2 Å². The van der Waals surface area contributed by atoms with E-state index < -0.39 is 0 Å². The van der Waals surface area contributed by atoms with Crippen LogP contribution in [0.4, 0.5) is 5.69 Å². The Kier molecular flexibility index (Phi) is 3.48. The molecule has 0 aliphatic carbocycles. The summed E-state index contributed by atoms with van der Waals surface area (Å²) in [6.45, 7) is 0. The first kappa shape index (κ1) is 12.6. The van der Waals surface area contributed by atoms with Crippen molar-refractivity contribution >= 4 is 56.4 Å². The van der Waals surface area contributed by atoms with Gasteiger partial charge >= 0.3 is 0 Å². The smallest absolute Gasteiger partial charge is 0.256 e. The summed E-state index contributed by atoms with van der Waals surface area (Å²) >= 11 is 3.76. The first-order valence-corrected chi connectivity index (χ1v) is 7.59. The molecule has 5 heteroatoms. The number of aromatic nitrogens is 1. The number of rotatable bonds is 2. The molecule has 3 rings (SSSR count). The van der Waals surface area contributed by atoms with Crippen LogP contribution < -0.4 is 5.32 Å². The Balaban J connectivity index is 1.95. The number of halogens is 1. The van der Waals surface area contributed by atoms with Crippen molar-refractivity contribution in [2.24, 2.45) is 0 Å². The predicted octanol–water partition coefficient (Wildman–Crippen LogP) is 4.15. The van der Waals surface area contributed by atoms with Crippen LogP contribution >= 0.6 is 33.9 Å². The average molecular weight is 380 g/mol. The number of amides is 1. The second kappa shape index (κ2) is 5.26. The van der Waals surface area contributed by atoms with Crippen LogP contribution in [0.1, 0.15) is 10.4 Å². The number of hydrogen-bond donors (Lipinski definition) is 1. The van der Waals surface area contributed by atoms with E-state index >= 15 is 0 Å². The molecule has 94 valence electrons. The van der Waals surface area contributed by atoms with Crippen LogP contribution in [0.2, 0.25) is 0 Å². The van der Waals surface area contributed by atoms with Crippen molar-refractivity contribution in [3.63, 3.8) is 0 Å². The highest BCUT2D eigenvalue weighted by Gasteiger charge is 2.10. The number of carbonyl (C=O) groups is 1. The second-order valence-corrected chi connectivity index (χ2v) is 6.78. The molecule has 0 atom stereocenters. The Morgan fingerprint density at radius 3 is 2.89 bits per heavy atom. The predicted molar refractivity (Wildman–Crippen MR) is 86.7 cm³/mol. The Morgan fingerprint density at radius 2 is 2.11 bits per heavy atom. The van der Waals surface area contributed by atoms with Crippen molar-refractivity contribution in [1.82, 2.24) is 4.98 Å². The maximum Gasteiger partial charge on any atom is 0.256 e. The molecule has 1 N–H and O–H groups in total. The fourth-order valence-electron chi connectivity index (χ4n) is 1.83. The van der Waals surface area contributed by atoms with Crippen molar-refractivity contribution in [1.29, 1.82) is 0 Å². The van der Waals surface area contributed by atoms with E-state index in [4.69, 9.17) is 0 Å². The average Bonchev–Trinajstić information content (AvgIpc) is 2.86. The molecule has 1 amide bonds. The van der Waals surface area contributed by atoms with E-state index in [-0.39, 0.29) is 5.91 Å². The zero-order chi connectivity index (χ0) is 13.2. The minimum atomic E-state index is -0.0997. The van der Waals surface area contributed by atoms with Crippen LogP contribution in [0, 0.1) is 2.88 Å². The van der Waals surface area contributed by atoms with E-state index in [0.29, 0.717) is 5.56 Å². The van der Waals surface area contributed by atoms with Gasteiger partial charge in [-0.15, -0.1) is 11.3 Å². The van der Waals surface area contributed by atoms with Gasteiger partial charge in [-0.25, -0.2) is 0 Å². The number of benzene rings is 1. The lowest BCUT2D eigenvalue weighted by atomic mass is 10.2. The molecule has 0 saturated carbocycles. The van der Waals surface area contributed by atoms with Crippen LogP contribution in [0.15, 0.2) is 48.0 Å². The number of thiophene rings is 1. The summed E-state index contributed by atoms with van der Waals surface area (Å²) in [6, 6.07) is 11.5. The second-order valence-electron chi connectivity index (χ2n) is 3.97. The van der Waals surface area contributed by atoms with E-state index in [9.17, 15) is 4.79 Å². The normalized spacial score (nSPS) is 10.6. The monoisotopic (exact) mass is 380 g/mol. The highest BCUT2D eigenvalue weighted by Crippen LogP contribution is 2.22. The Labute approximate surface area is 127 Å². The molecule has 0 radical (unpaired) electrons. The van der Waals surface area contributed by atoms with Crippen molar-refractivity contribution in [2.75, 3.05) is 5.32 Å². The number of para-hydroxylation sites is 1. The maximum atomic E-state index is 12.1. The first-order valence-electron chi connectivity index (χ1n) is 5.63. The van der Waals surface area contributed by atoms with Crippen molar-refractivity contribution in [3.05, 3.63) is 56.4 Å². The molecule has 3 aromatic rings. The van der Waals surface area contributed by atoms with Gasteiger partial charge in [-0.3, -0.25) is 9.78 Å². The van der Waals surface area contributed by atoms with E-state index in [1.165, 1.54) is 0 Å². The van der Waals surface area contributed by atoms with Crippen molar-refractivity contribution < 1.29 is 4.79 Å². The molecule has 19 heavy (non-hydrogen) atoms. The van der Waals surface area contributed by atoms with E-state index in [1.54, 1.807) is 17.5 Å². The number of fused-ring (bicyclic) bond motifs is 1. The minimum Gasteiger partial charge on any atom is -0.320 e. The number of hydrogen-bond acceptors (Lipinski definition) is 3. The quantitative estimate of drug-likeness (QED) is 0.679. The van der Waals surface area contributed by atoms with Crippen molar-refractivity contribution in [3.8, 4) is 0 Å². The fraction of sp³-hybridized carbons (Fsp3) is 0. The minimum absolute atomic E-state index is 0.0997. The van der Waals surface area contributed by atoms with Gasteiger partial charge in [0.05, 0.1) is 19.7 Å². The summed E-state index contributed by atoms with van der Waals surface area (Å²) < 4.78 is 1.10. The van der Waals surface area contributed by atoms with Crippen LogP contribution in [0.5, 0.6) is 0 Å². The van der Waals surface area contributed by atoms with Gasteiger partial charge in [-0.05, 0) is 40.8 Å². The fourth-order valence-corrected chi connectivity index (χ4v) is 3.16. The summed E-state index contributed by atoms with van der Waals surface area (Å²) in [5, 5.41) is 5.79. The zero-order valence-electron chi connectivity index (χ0n) is 9.76. The highest BCUT2D eigenvalue weighted by atomic mass is 127. The van der Waals surface area contributed by atoms with Crippen molar-refractivity contribution in [2.45, 2.75) is 0 Å². The van der Waals surface area contributed by atoms with Gasteiger partial charge in [-0.2, -0.15) is 0 Å². The molecule has 2 heterocycles. The Hall–Kier alpha value is -1.47. The summed E-state index contributed by atoms with van der Waals surface area (Å²) in [6.07, 6.45) is 1.73. The molecule has 2 aromatic heterocycles. The molecule has 1 aromatic carbocycles. The molecule has 0 fully saturated rings. The maximum absolute atomic E-state index is 12.1. The summed E-state index contributed by atoms with van der Waals surface area (Å²) in [7, 11) is 0. The van der Waals surface area contributed by atoms with E-state index in [1.807, 2.05) is 41.8 Å². The third kappa shape index (κ3) is 2.62. The molecular weight excluding hydrogens is 371 g/mol. The van der Waals surface area contributed by atoms with Crippen LogP contribution in [0.25, 0.3) is 10.9 Å². The van der Waals surface area contributed by atoms with Crippen LogP contribution in [-0.2, 0) is 0 Å². The zero-order valence-corrected chi connectivity index (χ0v) is 12.7. The Bertz CT molecular complexity index is 749. The number of nitrogens with one attached hydrogen (secondary N) is 1. The summed E-state index contributed by atoms with van der Waals surface area (Å²) in [4.78, 5) is 16.5. The van der Waals surface area contributed by atoms with Gasteiger partial charge < -0.3 is 5.32 Å². The first-order chi connectivity index (χ1) is 9.24. The lowest BCUT2D eigenvalue weighted by molar-refractivity contribution is 0.102. The largest absolute Gasteiger partial charge is 0.320 e. The van der Waals surface area contributed by atoms with Gasteiger partial charge in [0.2, 0.25) is 0 Å². The van der Waals surface area contributed by atoms with Crippen LogP contribution in [-0.4, -0.2) is 10.9 Å². The molecular formula is C14H9IN2OS. The van der Waals surface area contributed by atoms with Gasteiger partial charge in [0.1, 0.15) is 0 Å². The van der Waals surface area contributed by atoms with E-state index in [2.05, 4.69) is 32.9 Å². The number of pyridine rings is 1. The van der Waals surface area contributed by atoms with Gasteiger partial charge in [0, 0.05) is 17.0 Å². The number of carbonyl (C=O) groups excluding carboxylic acids is 1.